The Kier molecular flexibility index (Phi) is 15.9. The molecule has 0 radical (unpaired) electrons. The minimum atomic E-state index is -0.425. The van der Waals surface area contributed by atoms with Gasteiger partial charge in [0.15, 0.2) is 0 Å². The molecule has 0 heterocycles. The van der Waals surface area contributed by atoms with Gasteiger partial charge in [0.25, 0.3) is 0 Å². The average molecular weight is 635 g/mol. The van der Waals surface area contributed by atoms with Gasteiger partial charge in [-0.2, -0.15) is 0 Å². The predicted molar refractivity (Wildman–Crippen MR) is 190 cm³/mol. The molecule has 2 atom stereocenters. The molecule has 6 nitrogen and oxygen atoms in total. The number of unbranched alkanes of at least 4 members (excludes halogenated alkanes) is 10. The second-order valence-corrected chi connectivity index (χ2v) is 14.8. The molecule has 256 valence electrons. The van der Waals surface area contributed by atoms with Gasteiger partial charge in [-0.05, 0) is 79.0 Å². The third kappa shape index (κ3) is 13.8. The third-order valence-electron chi connectivity index (χ3n) is 9.37. The SMILES string of the molecule is CCCCCCCCc1ccccc1OC(=O)NCC1(C)CC(NC(=O)Oc2ccccc2CCCCCCCC)CC(C)(C)C1. The lowest BCUT2D eigenvalue weighted by Gasteiger charge is -2.46. The number of aryl methyl sites for hydroxylation is 2. The third-order valence-corrected chi connectivity index (χ3v) is 9.37. The van der Waals surface area contributed by atoms with Crippen LogP contribution in [0.3, 0.4) is 0 Å². The van der Waals surface area contributed by atoms with Crippen LogP contribution in [0.25, 0.3) is 0 Å². The summed E-state index contributed by atoms with van der Waals surface area (Å²) in [5.74, 6) is 1.29. The van der Waals surface area contributed by atoms with E-state index in [0.29, 0.717) is 18.0 Å². The second-order valence-electron chi connectivity index (χ2n) is 14.8. The zero-order valence-corrected chi connectivity index (χ0v) is 29.6. The molecule has 1 aliphatic rings. The van der Waals surface area contributed by atoms with Gasteiger partial charge >= 0.3 is 12.2 Å². The predicted octanol–water partition coefficient (Wildman–Crippen LogP) is 11.0. The van der Waals surface area contributed by atoms with E-state index < -0.39 is 12.2 Å². The number of carbonyl (C=O) groups is 2. The highest BCUT2D eigenvalue weighted by Gasteiger charge is 2.42. The molecule has 0 spiro atoms. The first-order valence-electron chi connectivity index (χ1n) is 18.2. The molecule has 1 aliphatic carbocycles. The van der Waals surface area contributed by atoms with Crippen molar-refractivity contribution in [3.63, 3.8) is 0 Å². The zero-order valence-electron chi connectivity index (χ0n) is 29.6. The first kappa shape index (κ1) is 37.4. The molecule has 2 N–H and O–H groups in total. The topological polar surface area (TPSA) is 76.7 Å². The fourth-order valence-corrected chi connectivity index (χ4v) is 7.40. The van der Waals surface area contributed by atoms with Gasteiger partial charge in [-0.3, -0.25) is 0 Å². The maximum absolute atomic E-state index is 13.1. The van der Waals surface area contributed by atoms with Crippen LogP contribution in [-0.4, -0.2) is 24.8 Å². The lowest BCUT2D eigenvalue weighted by molar-refractivity contribution is 0.0701. The van der Waals surface area contributed by atoms with Crippen LogP contribution in [0.4, 0.5) is 9.59 Å². The number of ether oxygens (including phenoxy) is 2. The Labute approximate surface area is 279 Å². The van der Waals surface area contributed by atoms with Gasteiger partial charge < -0.3 is 20.1 Å². The molecule has 2 unspecified atom stereocenters. The minimum absolute atomic E-state index is 0.00402. The van der Waals surface area contributed by atoms with Gasteiger partial charge in [-0.1, -0.05) is 135 Å². The highest BCUT2D eigenvalue weighted by molar-refractivity contribution is 5.71. The van der Waals surface area contributed by atoms with Crippen LogP contribution in [0.15, 0.2) is 48.5 Å². The van der Waals surface area contributed by atoms with Crippen LogP contribution in [0, 0.1) is 10.8 Å². The molecule has 2 aromatic carbocycles. The van der Waals surface area contributed by atoms with E-state index in [4.69, 9.17) is 9.47 Å². The van der Waals surface area contributed by atoms with Crippen molar-refractivity contribution in [1.82, 2.24) is 10.6 Å². The largest absolute Gasteiger partial charge is 0.412 e. The number of carbonyl (C=O) groups excluding carboxylic acids is 2. The molecule has 0 aliphatic heterocycles. The molecule has 3 rings (SSSR count). The molecule has 2 aromatic rings. The number of hydrogen-bond donors (Lipinski definition) is 2. The lowest BCUT2D eigenvalue weighted by Crippen LogP contribution is -2.51. The summed E-state index contributed by atoms with van der Waals surface area (Å²) >= 11 is 0. The van der Waals surface area contributed by atoms with E-state index in [-0.39, 0.29) is 16.9 Å². The maximum atomic E-state index is 13.1. The number of hydrogen-bond acceptors (Lipinski definition) is 4. The van der Waals surface area contributed by atoms with Gasteiger partial charge in [0.2, 0.25) is 0 Å². The van der Waals surface area contributed by atoms with Gasteiger partial charge in [-0.25, -0.2) is 9.59 Å². The number of benzene rings is 2. The monoisotopic (exact) mass is 634 g/mol. The van der Waals surface area contributed by atoms with E-state index in [1.165, 1.54) is 64.2 Å². The van der Waals surface area contributed by atoms with E-state index in [1.807, 2.05) is 36.4 Å². The van der Waals surface area contributed by atoms with Gasteiger partial charge in [0, 0.05) is 12.6 Å². The van der Waals surface area contributed by atoms with E-state index >= 15 is 0 Å². The van der Waals surface area contributed by atoms with Crippen LogP contribution >= 0.6 is 0 Å². The molecular weight excluding hydrogens is 572 g/mol. The van der Waals surface area contributed by atoms with Crippen molar-refractivity contribution in [3.8, 4) is 11.5 Å². The first-order valence-corrected chi connectivity index (χ1v) is 18.2. The molecule has 0 bridgehead atoms. The number of amides is 2. The van der Waals surface area contributed by atoms with Crippen molar-refractivity contribution in [2.24, 2.45) is 10.8 Å². The molecule has 0 saturated heterocycles. The Morgan fingerprint density at radius 1 is 0.674 bits per heavy atom. The Hall–Kier alpha value is -3.02. The molecule has 0 aromatic heterocycles. The fourth-order valence-electron chi connectivity index (χ4n) is 7.40. The average Bonchev–Trinajstić information content (AvgIpc) is 3.00. The second kappa shape index (κ2) is 19.6. The summed E-state index contributed by atoms with van der Waals surface area (Å²) in [6.45, 7) is 11.6. The molecular formula is C40H62N2O4. The normalized spacial score (nSPS) is 18.9. The molecule has 6 heteroatoms. The Morgan fingerprint density at radius 2 is 1.15 bits per heavy atom. The van der Waals surface area contributed by atoms with Crippen molar-refractivity contribution in [3.05, 3.63) is 59.7 Å². The Balaban J connectivity index is 1.50. The fraction of sp³-hybridized carbons (Fsp3) is 0.650. The summed E-state index contributed by atoms with van der Waals surface area (Å²) in [6.07, 6.45) is 18.3. The molecule has 2 amide bonds. The van der Waals surface area contributed by atoms with E-state index in [9.17, 15) is 9.59 Å². The summed E-state index contributed by atoms with van der Waals surface area (Å²) in [7, 11) is 0. The highest BCUT2D eigenvalue weighted by atomic mass is 16.6. The van der Waals surface area contributed by atoms with Crippen LogP contribution in [-0.2, 0) is 12.8 Å². The van der Waals surface area contributed by atoms with Crippen molar-refractivity contribution in [2.75, 3.05) is 6.54 Å². The van der Waals surface area contributed by atoms with Gasteiger partial charge in [0.05, 0.1) is 0 Å². The molecule has 1 fully saturated rings. The summed E-state index contributed by atoms with van der Waals surface area (Å²) in [6, 6.07) is 15.7. The number of para-hydroxylation sites is 2. The Morgan fingerprint density at radius 3 is 1.70 bits per heavy atom. The minimum Gasteiger partial charge on any atom is -0.410 e. The van der Waals surface area contributed by atoms with Crippen molar-refractivity contribution >= 4 is 12.2 Å². The van der Waals surface area contributed by atoms with Crippen molar-refractivity contribution in [2.45, 2.75) is 150 Å². The van der Waals surface area contributed by atoms with Crippen LogP contribution < -0.4 is 20.1 Å². The molecule has 1 saturated carbocycles. The standard InChI is InChI=1S/C40H62N2O4/c1-6-8-10-12-14-16-22-32-24-18-20-26-35(32)45-37(43)41-31-40(5)29-34(28-39(3,4)30-40)42-38(44)46-36-27-21-19-25-33(36)23-17-15-13-11-9-7-2/h18-21,24-27,34H,6-17,22-23,28-31H2,1-5H3,(H,41,43)(H,42,44). The van der Waals surface area contributed by atoms with Crippen molar-refractivity contribution in [1.29, 1.82) is 0 Å². The zero-order chi connectivity index (χ0) is 33.3. The van der Waals surface area contributed by atoms with E-state index in [2.05, 4.69) is 57.4 Å². The van der Waals surface area contributed by atoms with E-state index in [1.54, 1.807) is 0 Å². The summed E-state index contributed by atoms with van der Waals surface area (Å²) in [5, 5.41) is 6.21. The van der Waals surface area contributed by atoms with Gasteiger partial charge in [-0.15, -0.1) is 0 Å². The van der Waals surface area contributed by atoms with Crippen molar-refractivity contribution < 1.29 is 19.1 Å². The number of rotatable bonds is 19. The van der Waals surface area contributed by atoms with Crippen LogP contribution in [0.1, 0.15) is 142 Å². The summed E-state index contributed by atoms with van der Waals surface area (Å²) in [4.78, 5) is 26.1. The summed E-state index contributed by atoms with van der Waals surface area (Å²) in [5.41, 5.74) is 1.95. The van der Waals surface area contributed by atoms with Crippen LogP contribution in [0.2, 0.25) is 0 Å². The first-order chi connectivity index (χ1) is 22.1. The highest BCUT2D eigenvalue weighted by Crippen LogP contribution is 2.46. The Bertz CT molecular complexity index is 1200. The quantitative estimate of drug-likeness (QED) is 0.151. The van der Waals surface area contributed by atoms with E-state index in [0.717, 1.165) is 56.1 Å². The maximum Gasteiger partial charge on any atom is 0.412 e. The molecule has 46 heavy (non-hydrogen) atoms. The smallest absolute Gasteiger partial charge is 0.410 e. The lowest BCUT2D eigenvalue weighted by atomic mass is 9.62. The summed E-state index contributed by atoms with van der Waals surface area (Å²) < 4.78 is 11.7. The van der Waals surface area contributed by atoms with Gasteiger partial charge in [0.1, 0.15) is 11.5 Å². The number of nitrogens with one attached hydrogen (secondary N) is 2. The van der Waals surface area contributed by atoms with Crippen LogP contribution in [0.5, 0.6) is 11.5 Å².